The van der Waals surface area contributed by atoms with Crippen LogP contribution in [0.2, 0.25) is 0 Å². The van der Waals surface area contributed by atoms with Crippen LogP contribution >= 0.6 is 0 Å². The molecular formula is C20H27N3O4. The number of piperidine rings is 1. The van der Waals surface area contributed by atoms with Crippen LogP contribution in [0.25, 0.3) is 0 Å². The number of carbonyl (C=O) groups is 2. The highest BCUT2D eigenvalue weighted by atomic mass is 16.6. The van der Waals surface area contributed by atoms with Gasteiger partial charge in [0.1, 0.15) is 13.2 Å². The lowest BCUT2D eigenvalue weighted by Crippen LogP contribution is -2.49. The molecule has 2 atom stereocenters. The first-order valence-electron chi connectivity index (χ1n) is 9.85. The molecule has 1 aromatic carbocycles. The maximum atomic E-state index is 12.7. The van der Waals surface area contributed by atoms with Crippen molar-refractivity contribution in [3.05, 3.63) is 23.8 Å². The molecule has 2 fully saturated rings. The van der Waals surface area contributed by atoms with E-state index in [1.165, 1.54) is 0 Å². The molecule has 3 amide bonds. The second-order valence-electron chi connectivity index (χ2n) is 7.64. The van der Waals surface area contributed by atoms with Crippen molar-refractivity contribution in [1.29, 1.82) is 0 Å². The minimum atomic E-state index is -0.158. The van der Waals surface area contributed by atoms with Gasteiger partial charge < -0.3 is 25.0 Å². The summed E-state index contributed by atoms with van der Waals surface area (Å²) in [5, 5.41) is 6.10. The van der Waals surface area contributed by atoms with Gasteiger partial charge in [-0.1, -0.05) is 6.07 Å². The molecule has 0 radical (unpaired) electrons. The van der Waals surface area contributed by atoms with E-state index in [2.05, 4.69) is 10.6 Å². The molecule has 1 aromatic rings. The molecule has 2 heterocycles. The minimum absolute atomic E-state index is 0.0925. The molecule has 1 saturated heterocycles. The van der Waals surface area contributed by atoms with Gasteiger partial charge in [-0.05, 0) is 50.3 Å². The van der Waals surface area contributed by atoms with Crippen molar-refractivity contribution in [2.45, 2.75) is 44.7 Å². The number of ether oxygens (including phenoxy) is 2. The molecule has 0 spiro atoms. The largest absolute Gasteiger partial charge is 0.486 e. The van der Waals surface area contributed by atoms with Crippen LogP contribution in [-0.2, 0) is 4.79 Å². The maximum Gasteiger partial charge on any atom is 0.317 e. The van der Waals surface area contributed by atoms with Crippen LogP contribution in [-0.4, -0.2) is 49.2 Å². The van der Waals surface area contributed by atoms with Crippen LogP contribution < -0.4 is 20.1 Å². The molecule has 1 aliphatic carbocycles. The Hall–Kier alpha value is -2.44. The van der Waals surface area contributed by atoms with Crippen molar-refractivity contribution in [3.8, 4) is 11.5 Å². The third-order valence-electron chi connectivity index (χ3n) is 5.41. The third kappa shape index (κ3) is 4.28. The molecule has 7 nitrogen and oxygen atoms in total. The Balaban J connectivity index is 1.34. The second kappa shape index (κ2) is 7.66. The Morgan fingerprint density at radius 3 is 2.70 bits per heavy atom. The summed E-state index contributed by atoms with van der Waals surface area (Å²) in [5.74, 6) is 1.45. The Morgan fingerprint density at radius 1 is 1.15 bits per heavy atom. The third-order valence-corrected chi connectivity index (χ3v) is 5.41. The van der Waals surface area contributed by atoms with Gasteiger partial charge in [-0.2, -0.15) is 0 Å². The Labute approximate surface area is 159 Å². The van der Waals surface area contributed by atoms with Gasteiger partial charge in [-0.3, -0.25) is 4.79 Å². The smallest absolute Gasteiger partial charge is 0.317 e. The second-order valence-corrected chi connectivity index (χ2v) is 7.64. The number of likely N-dealkylation sites (tertiary alicyclic amines) is 1. The first kappa shape index (κ1) is 17.9. The summed E-state index contributed by atoms with van der Waals surface area (Å²) in [4.78, 5) is 26.8. The van der Waals surface area contributed by atoms with Gasteiger partial charge in [0.15, 0.2) is 11.5 Å². The topological polar surface area (TPSA) is 79.9 Å². The molecule has 7 heteroatoms. The van der Waals surface area contributed by atoms with Gasteiger partial charge in [-0.25, -0.2) is 4.79 Å². The summed E-state index contributed by atoms with van der Waals surface area (Å²) in [6.45, 7) is 4.22. The van der Waals surface area contributed by atoms with E-state index in [4.69, 9.17) is 9.47 Å². The number of carbonyl (C=O) groups excluding carboxylic acids is 2. The van der Waals surface area contributed by atoms with Gasteiger partial charge in [0, 0.05) is 19.1 Å². The van der Waals surface area contributed by atoms with E-state index in [-0.39, 0.29) is 23.9 Å². The highest BCUT2D eigenvalue weighted by Crippen LogP contribution is 2.32. The molecular weight excluding hydrogens is 346 g/mol. The molecule has 0 aromatic heterocycles. The molecule has 2 aliphatic heterocycles. The first-order valence-corrected chi connectivity index (χ1v) is 9.85. The maximum absolute atomic E-state index is 12.7. The fraction of sp³-hybridized carbons (Fsp3) is 0.600. The van der Waals surface area contributed by atoms with E-state index in [0.29, 0.717) is 32.3 Å². The number of amides is 3. The lowest BCUT2D eigenvalue weighted by molar-refractivity contribution is -0.126. The van der Waals surface area contributed by atoms with Crippen molar-refractivity contribution >= 4 is 11.9 Å². The highest BCUT2D eigenvalue weighted by molar-refractivity contribution is 5.81. The summed E-state index contributed by atoms with van der Waals surface area (Å²) < 4.78 is 11.2. The zero-order valence-electron chi connectivity index (χ0n) is 15.7. The molecule has 4 rings (SSSR count). The summed E-state index contributed by atoms with van der Waals surface area (Å²) in [6.07, 6.45) is 3.86. The lowest BCUT2D eigenvalue weighted by atomic mass is 9.97. The highest BCUT2D eigenvalue weighted by Gasteiger charge is 2.32. The van der Waals surface area contributed by atoms with Crippen molar-refractivity contribution < 1.29 is 19.1 Å². The van der Waals surface area contributed by atoms with Crippen LogP contribution in [0.4, 0.5) is 4.79 Å². The molecule has 27 heavy (non-hydrogen) atoms. The van der Waals surface area contributed by atoms with Crippen molar-refractivity contribution in [3.63, 3.8) is 0 Å². The van der Waals surface area contributed by atoms with E-state index in [1.807, 2.05) is 25.1 Å². The first-order chi connectivity index (χ1) is 13.1. The summed E-state index contributed by atoms with van der Waals surface area (Å²) >= 11 is 0. The molecule has 0 bridgehead atoms. The molecule has 1 saturated carbocycles. The summed E-state index contributed by atoms with van der Waals surface area (Å²) in [6, 6.07) is 5.82. The van der Waals surface area contributed by atoms with Crippen LogP contribution in [0.15, 0.2) is 18.2 Å². The zero-order valence-corrected chi connectivity index (χ0v) is 15.7. The quantitative estimate of drug-likeness (QED) is 0.848. The number of fused-ring (bicyclic) bond motifs is 1. The average Bonchev–Trinajstić information content (AvgIpc) is 3.51. The van der Waals surface area contributed by atoms with E-state index in [0.717, 1.165) is 42.7 Å². The van der Waals surface area contributed by atoms with Crippen molar-refractivity contribution in [2.75, 3.05) is 26.3 Å². The SMILES string of the molecule is CC(NC(=O)N1CCCC(C(=O)NC2CC2)C1)c1ccc2c(c1)OCCO2. The molecule has 146 valence electrons. The lowest BCUT2D eigenvalue weighted by Gasteiger charge is -2.33. The van der Waals surface area contributed by atoms with Gasteiger partial charge >= 0.3 is 6.03 Å². The summed E-state index contributed by atoms with van der Waals surface area (Å²) in [5.41, 5.74) is 0.965. The number of urea groups is 1. The normalized spacial score (nSPS) is 22.7. The number of nitrogens with zero attached hydrogens (tertiary/aromatic N) is 1. The number of benzene rings is 1. The predicted molar refractivity (Wildman–Crippen MR) is 99.8 cm³/mol. The van der Waals surface area contributed by atoms with Gasteiger partial charge in [0.2, 0.25) is 5.91 Å². The minimum Gasteiger partial charge on any atom is -0.486 e. The molecule has 2 N–H and O–H groups in total. The summed E-state index contributed by atoms with van der Waals surface area (Å²) in [7, 11) is 0. The molecule has 3 aliphatic rings. The standard InChI is InChI=1S/C20H27N3O4/c1-13(14-4-7-17-18(11-14)27-10-9-26-17)21-20(25)23-8-2-3-15(12-23)19(24)22-16-5-6-16/h4,7,11,13,15-16H,2-3,5-6,8-10,12H2,1H3,(H,21,25)(H,22,24). The average molecular weight is 373 g/mol. The number of nitrogens with one attached hydrogen (secondary N) is 2. The van der Waals surface area contributed by atoms with Crippen LogP contribution in [0.1, 0.15) is 44.2 Å². The van der Waals surface area contributed by atoms with E-state index >= 15 is 0 Å². The van der Waals surface area contributed by atoms with Gasteiger partial charge in [0.25, 0.3) is 0 Å². The number of hydrogen-bond donors (Lipinski definition) is 2. The van der Waals surface area contributed by atoms with Crippen molar-refractivity contribution in [1.82, 2.24) is 15.5 Å². The van der Waals surface area contributed by atoms with E-state index < -0.39 is 0 Å². The number of hydrogen-bond acceptors (Lipinski definition) is 4. The Morgan fingerprint density at radius 2 is 1.93 bits per heavy atom. The monoisotopic (exact) mass is 373 g/mol. The Bertz CT molecular complexity index is 719. The fourth-order valence-corrected chi connectivity index (χ4v) is 3.61. The fourth-order valence-electron chi connectivity index (χ4n) is 3.61. The molecule has 2 unspecified atom stereocenters. The van der Waals surface area contributed by atoms with Gasteiger partial charge in [0.05, 0.1) is 12.0 Å². The van der Waals surface area contributed by atoms with E-state index in [1.54, 1.807) is 4.90 Å². The number of rotatable bonds is 4. The zero-order chi connectivity index (χ0) is 18.8. The Kier molecular flexibility index (Phi) is 5.09. The van der Waals surface area contributed by atoms with Crippen LogP contribution in [0.3, 0.4) is 0 Å². The van der Waals surface area contributed by atoms with Crippen LogP contribution in [0.5, 0.6) is 11.5 Å². The van der Waals surface area contributed by atoms with E-state index in [9.17, 15) is 9.59 Å². The van der Waals surface area contributed by atoms with Gasteiger partial charge in [-0.15, -0.1) is 0 Å². The predicted octanol–water partition coefficient (Wildman–Crippen LogP) is 2.22. The van der Waals surface area contributed by atoms with Crippen molar-refractivity contribution in [2.24, 2.45) is 5.92 Å². The van der Waals surface area contributed by atoms with Crippen LogP contribution in [0, 0.1) is 5.92 Å².